The number of benzene rings is 3. The number of fused-ring (bicyclic) bond motifs is 5. The average Bonchev–Trinajstić information content (AvgIpc) is 3.38. The Balaban J connectivity index is 1.08. The molecule has 0 aromatic heterocycles. The number of hydrogen-bond acceptors (Lipinski definition) is 4. The quantitative estimate of drug-likeness (QED) is 0.358. The Morgan fingerprint density at radius 3 is 2.25 bits per heavy atom. The highest BCUT2D eigenvalue weighted by atomic mass is 16.6. The lowest BCUT2D eigenvalue weighted by Crippen LogP contribution is -2.43. The minimum absolute atomic E-state index is 0.0852. The van der Waals surface area contributed by atoms with Crippen LogP contribution in [0.5, 0.6) is 11.5 Å². The van der Waals surface area contributed by atoms with E-state index in [0.29, 0.717) is 13.2 Å². The van der Waals surface area contributed by atoms with Gasteiger partial charge in [0.1, 0.15) is 6.61 Å². The van der Waals surface area contributed by atoms with E-state index in [0.717, 1.165) is 37.2 Å². The van der Waals surface area contributed by atoms with Gasteiger partial charge >= 0.3 is 6.09 Å². The fourth-order valence-electron chi connectivity index (χ4n) is 6.09. The Kier molecular flexibility index (Phi) is 6.14. The lowest BCUT2D eigenvalue weighted by Gasteiger charge is -2.33. The number of nitrogens with zero attached hydrogens (tertiary/aromatic N) is 1. The summed E-state index contributed by atoms with van der Waals surface area (Å²) in [6, 6.07) is 24.9. The van der Waals surface area contributed by atoms with Crippen molar-refractivity contribution in [1.82, 2.24) is 4.90 Å². The lowest BCUT2D eigenvalue weighted by molar-refractivity contribution is 0.0847. The summed E-state index contributed by atoms with van der Waals surface area (Å²) in [6.07, 6.45) is 5.81. The minimum Gasteiger partial charge on any atom is -0.493 e. The fraction of sp³-hybridized carbons (Fsp3) is 0.323. The van der Waals surface area contributed by atoms with Gasteiger partial charge in [-0.3, -0.25) is 4.90 Å². The van der Waals surface area contributed by atoms with E-state index in [4.69, 9.17) is 14.2 Å². The maximum atomic E-state index is 13.3. The molecule has 2 aliphatic heterocycles. The minimum atomic E-state index is -0.190. The molecule has 2 heterocycles. The van der Waals surface area contributed by atoms with Crippen molar-refractivity contribution in [2.24, 2.45) is 0 Å². The Morgan fingerprint density at radius 1 is 0.889 bits per heavy atom. The van der Waals surface area contributed by atoms with Crippen molar-refractivity contribution >= 4 is 6.09 Å². The number of para-hydroxylation sites is 2. The van der Waals surface area contributed by atoms with Crippen LogP contribution in [0.3, 0.4) is 0 Å². The number of carbonyl (C=O) groups is 1. The Bertz CT molecular complexity index is 1250. The van der Waals surface area contributed by atoms with Crippen LogP contribution >= 0.6 is 0 Å². The predicted octanol–water partition coefficient (Wildman–Crippen LogP) is 6.58. The van der Waals surface area contributed by atoms with Crippen LogP contribution in [0.25, 0.3) is 11.1 Å². The summed E-state index contributed by atoms with van der Waals surface area (Å²) in [5, 5.41) is 0. The van der Waals surface area contributed by atoms with Crippen molar-refractivity contribution in [1.29, 1.82) is 0 Å². The molecule has 0 radical (unpaired) electrons. The van der Waals surface area contributed by atoms with E-state index in [-0.39, 0.29) is 24.1 Å². The lowest BCUT2D eigenvalue weighted by atomic mass is 9.98. The van der Waals surface area contributed by atoms with Crippen molar-refractivity contribution in [3.05, 3.63) is 95.6 Å². The van der Waals surface area contributed by atoms with Crippen LogP contribution in [0.1, 0.15) is 42.7 Å². The molecule has 0 saturated carbocycles. The maximum Gasteiger partial charge on any atom is 0.410 e. The van der Waals surface area contributed by atoms with Crippen molar-refractivity contribution in [3.8, 4) is 22.6 Å². The third-order valence-corrected chi connectivity index (χ3v) is 7.77. The molecule has 1 aliphatic carbocycles. The van der Waals surface area contributed by atoms with Gasteiger partial charge in [-0.05, 0) is 53.6 Å². The second kappa shape index (κ2) is 9.73. The van der Waals surface area contributed by atoms with Crippen molar-refractivity contribution < 1.29 is 19.0 Å². The zero-order valence-corrected chi connectivity index (χ0v) is 20.6. The van der Waals surface area contributed by atoms with Crippen LogP contribution < -0.4 is 9.47 Å². The third-order valence-electron chi connectivity index (χ3n) is 7.77. The SMILES string of the molecule is COc1ccccc1OCCC1=CC2CCC(C1)N2C(=O)OCC1c2ccccc2-c2ccccc21. The van der Waals surface area contributed by atoms with Crippen molar-refractivity contribution in [2.45, 2.75) is 43.7 Å². The molecule has 5 heteroatoms. The second-order valence-electron chi connectivity index (χ2n) is 9.79. The number of methoxy groups -OCH3 is 1. The summed E-state index contributed by atoms with van der Waals surface area (Å²) in [6.45, 7) is 0.961. The Hall–Kier alpha value is -3.73. The van der Waals surface area contributed by atoms with Gasteiger partial charge in [0, 0.05) is 18.4 Å². The first kappa shape index (κ1) is 22.7. The smallest absolute Gasteiger partial charge is 0.410 e. The number of rotatable bonds is 7. The van der Waals surface area contributed by atoms with E-state index in [9.17, 15) is 4.79 Å². The molecule has 3 aromatic carbocycles. The third kappa shape index (κ3) is 4.13. The first-order valence-corrected chi connectivity index (χ1v) is 12.8. The molecule has 3 aromatic rings. The zero-order chi connectivity index (χ0) is 24.5. The zero-order valence-electron chi connectivity index (χ0n) is 20.6. The maximum absolute atomic E-state index is 13.3. The highest BCUT2D eigenvalue weighted by molar-refractivity contribution is 5.79. The molecule has 5 nitrogen and oxygen atoms in total. The Labute approximate surface area is 212 Å². The largest absolute Gasteiger partial charge is 0.493 e. The van der Waals surface area contributed by atoms with Crippen LogP contribution in [-0.2, 0) is 4.74 Å². The normalized spacial score (nSPS) is 19.9. The van der Waals surface area contributed by atoms with Gasteiger partial charge in [0.2, 0.25) is 0 Å². The van der Waals surface area contributed by atoms with Crippen LogP contribution in [0, 0.1) is 0 Å². The van der Waals surface area contributed by atoms with Gasteiger partial charge in [0.25, 0.3) is 0 Å². The van der Waals surface area contributed by atoms with Crippen LogP contribution in [0.15, 0.2) is 84.4 Å². The molecule has 184 valence electrons. The molecule has 0 spiro atoms. The molecule has 1 fully saturated rings. The molecule has 1 saturated heterocycles. The molecule has 2 atom stereocenters. The molecule has 36 heavy (non-hydrogen) atoms. The molecular formula is C31H31NO4. The number of amides is 1. The molecule has 2 bridgehead atoms. The molecule has 0 N–H and O–H groups in total. The summed E-state index contributed by atoms with van der Waals surface area (Å²) in [5.41, 5.74) is 6.33. The summed E-state index contributed by atoms with van der Waals surface area (Å²) >= 11 is 0. The monoisotopic (exact) mass is 481 g/mol. The number of hydrogen-bond donors (Lipinski definition) is 0. The van der Waals surface area contributed by atoms with Crippen LogP contribution in [0.2, 0.25) is 0 Å². The molecule has 6 rings (SSSR count). The summed E-state index contributed by atoms with van der Waals surface area (Å²) in [5.74, 6) is 1.60. The van der Waals surface area contributed by atoms with Gasteiger partial charge in [-0.1, -0.05) is 72.3 Å². The van der Waals surface area contributed by atoms with Gasteiger partial charge in [-0.25, -0.2) is 4.79 Å². The van der Waals surface area contributed by atoms with E-state index in [2.05, 4.69) is 54.6 Å². The van der Waals surface area contributed by atoms with E-state index in [1.54, 1.807) is 7.11 Å². The molecule has 3 aliphatic rings. The second-order valence-corrected chi connectivity index (χ2v) is 9.79. The van der Waals surface area contributed by atoms with E-state index < -0.39 is 0 Å². The van der Waals surface area contributed by atoms with Crippen molar-refractivity contribution in [3.63, 3.8) is 0 Å². The van der Waals surface area contributed by atoms with E-state index >= 15 is 0 Å². The van der Waals surface area contributed by atoms with Gasteiger partial charge in [-0.2, -0.15) is 0 Å². The predicted molar refractivity (Wildman–Crippen MR) is 140 cm³/mol. The number of carbonyl (C=O) groups excluding carboxylic acids is 1. The van der Waals surface area contributed by atoms with Crippen LogP contribution in [-0.4, -0.2) is 43.4 Å². The van der Waals surface area contributed by atoms with Gasteiger partial charge in [0.15, 0.2) is 11.5 Å². The van der Waals surface area contributed by atoms with Crippen molar-refractivity contribution in [2.75, 3.05) is 20.3 Å². The van der Waals surface area contributed by atoms with E-state index in [1.165, 1.54) is 27.8 Å². The highest BCUT2D eigenvalue weighted by Crippen LogP contribution is 2.45. The van der Waals surface area contributed by atoms with Gasteiger partial charge < -0.3 is 14.2 Å². The average molecular weight is 482 g/mol. The topological polar surface area (TPSA) is 48.0 Å². The first-order valence-electron chi connectivity index (χ1n) is 12.8. The summed E-state index contributed by atoms with van der Waals surface area (Å²) < 4.78 is 17.3. The van der Waals surface area contributed by atoms with E-state index in [1.807, 2.05) is 29.2 Å². The molecule has 2 unspecified atom stereocenters. The Morgan fingerprint density at radius 2 is 1.56 bits per heavy atom. The molecular weight excluding hydrogens is 450 g/mol. The van der Waals surface area contributed by atoms with Crippen LogP contribution in [0.4, 0.5) is 4.79 Å². The highest BCUT2D eigenvalue weighted by Gasteiger charge is 2.41. The van der Waals surface area contributed by atoms with Gasteiger partial charge in [0.05, 0.1) is 19.8 Å². The fourth-order valence-corrected chi connectivity index (χ4v) is 6.09. The summed E-state index contributed by atoms with van der Waals surface area (Å²) in [4.78, 5) is 15.2. The standard InChI is InChI=1S/C31H31NO4/c1-34-29-12-6-7-13-30(29)35-17-16-21-18-22-14-15-23(19-21)32(22)31(33)36-20-28-26-10-4-2-8-24(26)25-9-3-5-11-27(25)28/h2-13,18,22-23,28H,14-17,19-20H2,1H3. The molecule has 1 amide bonds. The van der Waals surface area contributed by atoms with Gasteiger partial charge in [-0.15, -0.1) is 0 Å². The number of ether oxygens (including phenoxy) is 3. The summed E-state index contributed by atoms with van der Waals surface area (Å²) in [7, 11) is 1.65. The first-order chi connectivity index (χ1) is 17.7.